The Morgan fingerprint density at radius 2 is 1.54 bits per heavy atom. The lowest BCUT2D eigenvalue weighted by molar-refractivity contribution is -0.967. The average Bonchev–Trinajstić information content (AvgIpc) is 3.23. The Morgan fingerprint density at radius 1 is 0.893 bits per heavy atom. The van der Waals surface area contributed by atoms with Crippen molar-refractivity contribution in [1.82, 2.24) is 0 Å². The summed E-state index contributed by atoms with van der Waals surface area (Å²) >= 11 is 0. The van der Waals surface area contributed by atoms with Crippen LogP contribution in [-0.4, -0.2) is 28.7 Å². The van der Waals surface area contributed by atoms with Crippen molar-refractivity contribution in [3.8, 4) is 0 Å². The van der Waals surface area contributed by atoms with Crippen molar-refractivity contribution in [1.29, 1.82) is 0 Å². The van der Waals surface area contributed by atoms with E-state index < -0.39 is 0 Å². The molecule has 5 rings (SSSR count). The van der Waals surface area contributed by atoms with Crippen LogP contribution >= 0.6 is 0 Å². The van der Waals surface area contributed by atoms with Gasteiger partial charge in [-0.05, 0) is 32.3 Å². The maximum atomic E-state index is 6.76. The molecule has 5 atom stereocenters. The third kappa shape index (κ3) is 2.89. The van der Waals surface area contributed by atoms with Crippen LogP contribution in [0.3, 0.4) is 0 Å². The van der Waals surface area contributed by atoms with Crippen LogP contribution in [0.5, 0.6) is 0 Å². The number of nitrogens with zero attached hydrogens (tertiary/aromatic N) is 1. The highest BCUT2D eigenvalue weighted by Gasteiger charge is 2.74. The van der Waals surface area contributed by atoms with Gasteiger partial charge in [0.15, 0.2) is 0 Å². The number of quaternary nitrogens is 1. The van der Waals surface area contributed by atoms with E-state index in [-0.39, 0.29) is 22.6 Å². The molecule has 150 valence electrons. The average molecular weight is 442 g/mol. The number of rotatable bonds is 5. The lowest BCUT2D eigenvalue weighted by Gasteiger charge is -2.43. The Balaban J connectivity index is 0.00000192. The molecule has 1 aliphatic carbocycles. The summed E-state index contributed by atoms with van der Waals surface area (Å²) in [5, 5.41) is 0. The molecule has 0 unspecified atom stereocenters. The fourth-order valence-electron chi connectivity index (χ4n) is 7.13. The molecule has 0 radical (unpaired) electrons. The first-order valence-electron chi connectivity index (χ1n) is 10.6. The topological polar surface area (TPSA) is 9.23 Å². The van der Waals surface area contributed by atoms with Gasteiger partial charge in [0, 0.05) is 23.8 Å². The number of hydrogen-bond acceptors (Lipinski definition) is 1. The van der Waals surface area contributed by atoms with Crippen molar-refractivity contribution in [3.63, 3.8) is 0 Å². The van der Waals surface area contributed by atoms with E-state index in [0.29, 0.717) is 11.5 Å². The molecule has 2 nitrogen and oxygen atoms in total. The SMILES string of the molecule is C[C@@]12[C@H]3CC[C@@H]1[C@](C)(OCc1ccccc1)C[N@+]2(Cc1ccccc1)CC3.[Br-]. The molecular formula is C25H32BrNO. The Labute approximate surface area is 180 Å². The van der Waals surface area contributed by atoms with Crippen molar-refractivity contribution >= 4 is 0 Å². The van der Waals surface area contributed by atoms with Gasteiger partial charge in [-0.25, -0.2) is 0 Å². The minimum atomic E-state index is -0.0193. The second-order valence-electron chi connectivity index (χ2n) is 9.60. The van der Waals surface area contributed by atoms with Gasteiger partial charge in [0.2, 0.25) is 0 Å². The molecule has 0 N–H and O–H groups in total. The zero-order valence-corrected chi connectivity index (χ0v) is 18.7. The Hall–Kier alpha value is -1.16. The van der Waals surface area contributed by atoms with E-state index in [2.05, 4.69) is 74.5 Å². The number of benzene rings is 2. The van der Waals surface area contributed by atoms with E-state index in [1.807, 2.05) is 0 Å². The van der Waals surface area contributed by atoms with Crippen LogP contribution < -0.4 is 17.0 Å². The zero-order chi connectivity index (χ0) is 18.5. The molecule has 2 aromatic rings. The third-order valence-electron chi connectivity index (χ3n) is 8.36. The van der Waals surface area contributed by atoms with Crippen LogP contribution in [0.25, 0.3) is 0 Å². The summed E-state index contributed by atoms with van der Waals surface area (Å²) in [7, 11) is 0. The summed E-state index contributed by atoms with van der Waals surface area (Å²) in [6.07, 6.45) is 4.12. The highest BCUT2D eigenvalue weighted by Crippen LogP contribution is 2.64. The van der Waals surface area contributed by atoms with Crippen LogP contribution in [0.4, 0.5) is 0 Å². The first-order valence-corrected chi connectivity index (χ1v) is 10.6. The Bertz CT molecular complexity index is 812. The maximum absolute atomic E-state index is 6.76. The number of halogens is 1. The summed E-state index contributed by atoms with van der Waals surface area (Å²) in [6.45, 7) is 9.39. The van der Waals surface area contributed by atoms with Crippen LogP contribution in [0, 0.1) is 11.8 Å². The van der Waals surface area contributed by atoms with Gasteiger partial charge in [-0.3, -0.25) is 0 Å². The fourth-order valence-corrected chi connectivity index (χ4v) is 7.13. The van der Waals surface area contributed by atoms with Crippen LogP contribution in [-0.2, 0) is 17.9 Å². The minimum Gasteiger partial charge on any atom is -1.00 e. The summed E-state index contributed by atoms with van der Waals surface area (Å²) in [5.74, 6) is 1.54. The maximum Gasteiger partial charge on any atom is 0.123 e. The van der Waals surface area contributed by atoms with Gasteiger partial charge in [-0.1, -0.05) is 60.7 Å². The van der Waals surface area contributed by atoms with E-state index in [4.69, 9.17) is 4.74 Å². The van der Waals surface area contributed by atoms with Gasteiger partial charge >= 0.3 is 0 Å². The van der Waals surface area contributed by atoms with Crippen LogP contribution in [0.2, 0.25) is 0 Å². The largest absolute Gasteiger partial charge is 1.00 e. The van der Waals surface area contributed by atoms with E-state index >= 15 is 0 Å². The molecule has 0 aromatic heterocycles. The zero-order valence-electron chi connectivity index (χ0n) is 17.1. The molecule has 0 spiro atoms. The highest BCUT2D eigenvalue weighted by atomic mass is 79.9. The fraction of sp³-hybridized carbons (Fsp3) is 0.520. The molecule has 3 heteroatoms. The monoisotopic (exact) mass is 441 g/mol. The molecule has 0 bridgehead atoms. The first kappa shape index (κ1) is 20.1. The van der Waals surface area contributed by atoms with Crippen LogP contribution in [0.15, 0.2) is 60.7 Å². The molecule has 1 saturated carbocycles. The van der Waals surface area contributed by atoms with Gasteiger partial charge in [0.05, 0.1) is 13.2 Å². The lowest BCUT2D eigenvalue weighted by Crippen LogP contribution is -3.00. The number of ether oxygens (including phenoxy) is 1. The minimum absolute atomic E-state index is 0. The van der Waals surface area contributed by atoms with Crippen LogP contribution in [0.1, 0.15) is 44.2 Å². The highest BCUT2D eigenvalue weighted by molar-refractivity contribution is 5.18. The Morgan fingerprint density at radius 3 is 2.21 bits per heavy atom. The quantitative estimate of drug-likeness (QED) is 0.646. The number of hydrogen-bond donors (Lipinski definition) is 0. The van der Waals surface area contributed by atoms with E-state index in [1.165, 1.54) is 41.4 Å². The van der Waals surface area contributed by atoms with Crippen molar-refractivity contribution in [2.75, 3.05) is 13.1 Å². The molecule has 2 aromatic carbocycles. The third-order valence-corrected chi connectivity index (χ3v) is 8.36. The molecule has 2 heterocycles. The van der Waals surface area contributed by atoms with Gasteiger partial charge < -0.3 is 26.2 Å². The van der Waals surface area contributed by atoms with Gasteiger partial charge in [-0.15, -0.1) is 0 Å². The molecule has 2 saturated heterocycles. The first-order chi connectivity index (χ1) is 13.1. The smallest absolute Gasteiger partial charge is 0.123 e. The van der Waals surface area contributed by atoms with Crippen molar-refractivity contribution in [3.05, 3.63) is 71.8 Å². The van der Waals surface area contributed by atoms with E-state index in [9.17, 15) is 0 Å². The summed E-state index contributed by atoms with van der Waals surface area (Å²) in [5.41, 5.74) is 3.13. The summed E-state index contributed by atoms with van der Waals surface area (Å²) in [6, 6.07) is 21.8. The predicted octanol–water partition coefficient (Wildman–Crippen LogP) is 2.19. The van der Waals surface area contributed by atoms with Gasteiger partial charge in [-0.2, -0.15) is 0 Å². The van der Waals surface area contributed by atoms with Gasteiger partial charge in [0.1, 0.15) is 24.2 Å². The predicted molar refractivity (Wildman–Crippen MR) is 109 cm³/mol. The summed E-state index contributed by atoms with van der Waals surface area (Å²) in [4.78, 5) is 0. The lowest BCUT2D eigenvalue weighted by atomic mass is 9.78. The van der Waals surface area contributed by atoms with Crippen molar-refractivity contribution in [2.24, 2.45) is 11.8 Å². The second kappa shape index (κ2) is 7.27. The molecule has 0 amide bonds. The Kier molecular flexibility index (Phi) is 5.22. The van der Waals surface area contributed by atoms with Gasteiger partial charge in [0.25, 0.3) is 0 Å². The summed E-state index contributed by atoms with van der Waals surface area (Å²) < 4.78 is 7.99. The van der Waals surface area contributed by atoms with E-state index in [0.717, 1.165) is 25.6 Å². The second-order valence-corrected chi connectivity index (χ2v) is 9.60. The molecular weight excluding hydrogens is 410 g/mol. The normalized spacial score (nSPS) is 38.2. The molecule has 2 aliphatic heterocycles. The van der Waals surface area contributed by atoms with Crippen molar-refractivity contribution < 1.29 is 26.2 Å². The standard InChI is InChI=1S/C25H32NO.BrH/c1-24(27-18-21-11-7-4-8-12-21)19-26(17-20-9-5-3-6-10-20)16-15-22-13-14-23(24)25(22,26)2;/h3-12,22-23H,13-19H2,1-2H3;1H/q+1;/p-1/t22-,23+,24+,25+,26+;/m0./s1. The molecule has 28 heavy (non-hydrogen) atoms. The van der Waals surface area contributed by atoms with E-state index in [1.54, 1.807) is 0 Å². The molecule has 3 aliphatic rings. The van der Waals surface area contributed by atoms with Crippen molar-refractivity contribution in [2.45, 2.75) is 57.4 Å². The molecule has 3 fully saturated rings.